The van der Waals surface area contributed by atoms with Gasteiger partial charge in [0.15, 0.2) is 0 Å². The fourth-order valence-corrected chi connectivity index (χ4v) is 1.62. The smallest absolute Gasteiger partial charge is 0.0414 e. The van der Waals surface area contributed by atoms with Crippen LogP contribution in [-0.2, 0) is 0 Å². The van der Waals surface area contributed by atoms with Gasteiger partial charge in [-0.05, 0) is 5.92 Å². The topological polar surface area (TPSA) is 0 Å². The van der Waals surface area contributed by atoms with Crippen molar-refractivity contribution in [1.82, 2.24) is 0 Å². The van der Waals surface area contributed by atoms with Crippen molar-refractivity contribution in [3.05, 3.63) is 0 Å². The highest BCUT2D eigenvalue weighted by atomic mass is 14.2. The van der Waals surface area contributed by atoms with E-state index in [2.05, 4.69) is 6.92 Å². The van der Waals surface area contributed by atoms with Crippen molar-refractivity contribution in [3.63, 3.8) is 0 Å². The first-order valence-corrected chi connectivity index (χ1v) is 5.43. The van der Waals surface area contributed by atoms with Gasteiger partial charge in [-0.25, -0.2) is 0 Å². The monoisotopic (exact) mass is 170 g/mol. The Hall–Kier alpha value is 0. The van der Waals surface area contributed by atoms with E-state index in [1.165, 1.54) is 57.8 Å². The lowest BCUT2D eigenvalue weighted by Gasteiger charge is -1.98. The Morgan fingerprint density at radius 3 is 2.08 bits per heavy atom. The summed E-state index contributed by atoms with van der Waals surface area (Å²) in [6.07, 6.45) is 13.4. The van der Waals surface area contributed by atoms with Crippen LogP contribution in [-0.4, -0.2) is 0 Å². The Kier molecular flexibility index (Phi) is 7.64. The summed E-state index contributed by atoms with van der Waals surface area (Å²) in [4.78, 5) is 0. The molecular weight excluding hydrogens is 144 g/mol. The van der Waals surface area contributed by atoms with Crippen molar-refractivity contribution in [1.29, 1.82) is 0 Å². The third-order valence-corrected chi connectivity index (χ3v) is 2.66. The Balaban J connectivity index is 0.00000121. The summed E-state index contributed by atoms with van der Waals surface area (Å²) >= 11 is 0. The third kappa shape index (κ3) is 6.69. The first-order chi connectivity index (χ1) is 5.43. The average molecular weight is 170 g/mol. The molecule has 0 heterocycles. The molecule has 1 aliphatic rings. The molecule has 0 saturated heterocycles. The molecule has 0 aromatic heterocycles. The van der Waals surface area contributed by atoms with Gasteiger partial charge in [0.2, 0.25) is 0 Å². The minimum atomic E-state index is 0. The van der Waals surface area contributed by atoms with E-state index in [9.17, 15) is 0 Å². The summed E-state index contributed by atoms with van der Waals surface area (Å²) in [6, 6.07) is 0. The van der Waals surface area contributed by atoms with Gasteiger partial charge in [-0.3, -0.25) is 0 Å². The van der Waals surface area contributed by atoms with Gasteiger partial charge in [-0.2, -0.15) is 0 Å². The second-order valence-electron chi connectivity index (χ2n) is 4.00. The summed E-state index contributed by atoms with van der Waals surface area (Å²) in [6.45, 7) is 2.28. The molecule has 1 saturated carbocycles. The van der Waals surface area contributed by atoms with Crippen molar-refractivity contribution < 1.29 is 0 Å². The zero-order valence-corrected chi connectivity index (χ0v) is 7.94. The molecule has 1 rings (SSSR count). The first-order valence-electron chi connectivity index (χ1n) is 5.43. The van der Waals surface area contributed by atoms with Crippen LogP contribution in [0.5, 0.6) is 0 Å². The van der Waals surface area contributed by atoms with Crippen LogP contribution in [0.1, 0.15) is 72.1 Å². The second kappa shape index (κ2) is 7.64. The second-order valence-corrected chi connectivity index (χ2v) is 4.00. The lowest BCUT2D eigenvalue weighted by atomic mass is 10.1. The Morgan fingerprint density at radius 1 is 0.917 bits per heavy atom. The van der Waals surface area contributed by atoms with Gasteiger partial charge in [-0.15, -0.1) is 0 Å². The molecule has 0 aliphatic heterocycles. The van der Waals surface area contributed by atoms with Gasteiger partial charge in [0.1, 0.15) is 0 Å². The highest BCUT2D eigenvalue weighted by molar-refractivity contribution is 4.72. The fourth-order valence-electron chi connectivity index (χ4n) is 1.62. The van der Waals surface area contributed by atoms with E-state index in [0.717, 1.165) is 5.92 Å². The largest absolute Gasteiger partial charge is 0.0776 e. The summed E-state index contributed by atoms with van der Waals surface area (Å²) in [5, 5.41) is 0. The maximum atomic E-state index is 2.28. The predicted octanol–water partition coefficient (Wildman–Crippen LogP) is 4.78. The quantitative estimate of drug-likeness (QED) is 0.482. The number of rotatable bonds is 7. The maximum absolute atomic E-state index is 2.28. The molecule has 0 radical (unpaired) electrons. The molecule has 0 nitrogen and oxygen atoms in total. The minimum absolute atomic E-state index is 0. The highest BCUT2D eigenvalue weighted by Gasteiger charge is 2.19. The van der Waals surface area contributed by atoms with Crippen LogP contribution in [0.3, 0.4) is 0 Å². The first kappa shape index (κ1) is 12.0. The van der Waals surface area contributed by atoms with Crippen molar-refractivity contribution in [3.8, 4) is 0 Å². The van der Waals surface area contributed by atoms with Crippen LogP contribution < -0.4 is 0 Å². The van der Waals surface area contributed by atoms with Gasteiger partial charge >= 0.3 is 0 Å². The summed E-state index contributed by atoms with van der Waals surface area (Å²) in [5.41, 5.74) is 0. The molecule has 0 aromatic rings. The fraction of sp³-hybridized carbons (Fsp3) is 1.00. The molecule has 1 fully saturated rings. The maximum Gasteiger partial charge on any atom is -0.0414 e. The Morgan fingerprint density at radius 2 is 1.50 bits per heavy atom. The van der Waals surface area contributed by atoms with Crippen LogP contribution in [0, 0.1) is 5.92 Å². The SMILES string of the molecule is C.CCCCCCCCC1CC1. The van der Waals surface area contributed by atoms with E-state index in [1.807, 2.05) is 0 Å². The van der Waals surface area contributed by atoms with E-state index in [-0.39, 0.29) is 7.43 Å². The van der Waals surface area contributed by atoms with Crippen molar-refractivity contribution in [2.45, 2.75) is 72.1 Å². The van der Waals surface area contributed by atoms with Gasteiger partial charge in [0.25, 0.3) is 0 Å². The molecule has 0 unspecified atom stereocenters. The average Bonchev–Trinajstić information content (AvgIpc) is 2.80. The molecule has 74 valence electrons. The van der Waals surface area contributed by atoms with E-state index >= 15 is 0 Å². The van der Waals surface area contributed by atoms with Crippen molar-refractivity contribution in [2.24, 2.45) is 5.92 Å². The lowest BCUT2D eigenvalue weighted by molar-refractivity contribution is 0.568. The summed E-state index contributed by atoms with van der Waals surface area (Å²) in [7, 11) is 0. The van der Waals surface area contributed by atoms with Crippen molar-refractivity contribution >= 4 is 0 Å². The Labute approximate surface area is 78.8 Å². The normalized spacial score (nSPS) is 15.8. The van der Waals surface area contributed by atoms with E-state index in [4.69, 9.17) is 0 Å². The molecule has 0 spiro atoms. The van der Waals surface area contributed by atoms with E-state index < -0.39 is 0 Å². The van der Waals surface area contributed by atoms with Crippen LogP contribution in [0.15, 0.2) is 0 Å². The predicted molar refractivity (Wildman–Crippen MR) is 57.4 cm³/mol. The highest BCUT2D eigenvalue weighted by Crippen LogP contribution is 2.34. The van der Waals surface area contributed by atoms with Gasteiger partial charge in [0.05, 0.1) is 0 Å². The van der Waals surface area contributed by atoms with Crippen molar-refractivity contribution in [2.75, 3.05) is 0 Å². The summed E-state index contributed by atoms with van der Waals surface area (Å²) < 4.78 is 0. The molecule has 0 atom stereocenters. The standard InChI is InChI=1S/C11H22.CH4/c1-2-3-4-5-6-7-8-11-9-10-11;/h11H,2-10H2,1H3;1H4. The van der Waals surface area contributed by atoms with E-state index in [0.29, 0.717) is 0 Å². The zero-order valence-electron chi connectivity index (χ0n) is 7.94. The van der Waals surface area contributed by atoms with Crippen LogP contribution >= 0.6 is 0 Å². The molecular formula is C12H26. The lowest BCUT2D eigenvalue weighted by Crippen LogP contribution is -1.80. The summed E-state index contributed by atoms with van der Waals surface area (Å²) in [5.74, 6) is 1.15. The van der Waals surface area contributed by atoms with Gasteiger partial charge in [-0.1, -0.05) is 72.1 Å². The zero-order chi connectivity index (χ0) is 7.94. The van der Waals surface area contributed by atoms with Gasteiger partial charge in [0, 0.05) is 0 Å². The van der Waals surface area contributed by atoms with Crippen LogP contribution in [0.2, 0.25) is 0 Å². The number of hydrogen-bond donors (Lipinski definition) is 0. The molecule has 0 bridgehead atoms. The Bertz CT molecular complexity index is 82.0. The molecule has 0 N–H and O–H groups in total. The minimum Gasteiger partial charge on any atom is -0.0776 e. The molecule has 12 heavy (non-hydrogen) atoms. The number of hydrogen-bond acceptors (Lipinski definition) is 0. The molecule has 0 aromatic carbocycles. The molecule has 0 heteroatoms. The number of unbranched alkanes of at least 4 members (excludes halogenated alkanes) is 5. The third-order valence-electron chi connectivity index (χ3n) is 2.66. The van der Waals surface area contributed by atoms with Gasteiger partial charge < -0.3 is 0 Å². The van der Waals surface area contributed by atoms with Crippen LogP contribution in [0.25, 0.3) is 0 Å². The van der Waals surface area contributed by atoms with E-state index in [1.54, 1.807) is 0 Å². The molecule has 1 aliphatic carbocycles. The molecule has 0 amide bonds. The van der Waals surface area contributed by atoms with Crippen LogP contribution in [0.4, 0.5) is 0 Å².